The van der Waals surface area contributed by atoms with Crippen molar-refractivity contribution in [3.05, 3.63) is 29.0 Å². The van der Waals surface area contributed by atoms with Gasteiger partial charge in [0.2, 0.25) is 6.20 Å². The minimum Gasteiger partial charge on any atom is -0.0488 e. The Labute approximate surface area is 87.8 Å². The van der Waals surface area contributed by atoms with Gasteiger partial charge in [-0.2, -0.15) is 0 Å². The normalized spacial score (nSPS) is 15.7. The van der Waals surface area contributed by atoms with Crippen LogP contribution in [0.25, 0.3) is 0 Å². The van der Waals surface area contributed by atoms with Crippen molar-refractivity contribution >= 4 is 23.7 Å². The Balaban J connectivity index is 0.000000265. The number of nitrogens with zero attached hydrogens (tertiary/aromatic N) is 1. The van der Waals surface area contributed by atoms with Crippen LogP contribution in [0.3, 0.4) is 0 Å². The molecule has 0 unspecified atom stereocenters. The molecule has 1 aromatic rings. The van der Waals surface area contributed by atoms with Gasteiger partial charge in [-0.1, -0.05) is 0 Å². The van der Waals surface area contributed by atoms with E-state index < -0.39 is 7.81 Å². The van der Waals surface area contributed by atoms with E-state index in [-0.39, 0.29) is 0 Å². The Bertz CT molecular complexity index is 314. The Morgan fingerprint density at radius 2 is 1.40 bits per heavy atom. The molecule has 0 spiro atoms. The molecular formula is C5H4BrF7NP. The average Bonchev–Trinajstić information content (AvgIpc) is 1.88. The zero-order chi connectivity index (χ0) is 12.4. The van der Waals surface area contributed by atoms with Gasteiger partial charge in [0.25, 0.3) is 4.60 Å². The van der Waals surface area contributed by atoms with Crippen molar-refractivity contribution in [3.63, 3.8) is 0 Å². The fourth-order valence-electron chi connectivity index (χ4n) is 0.403. The first-order valence-electron chi connectivity index (χ1n) is 3.14. The van der Waals surface area contributed by atoms with Crippen molar-refractivity contribution in [1.29, 1.82) is 0 Å². The van der Waals surface area contributed by atoms with Crippen LogP contribution in [0.2, 0.25) is 0 Å². The summed E-state index contributed by atoms with van der Waals surface area (Å²) in [4.78, 5) is 0.500. The molecule has 10 heteroatoms. The van der Waals surface area contributed by atoms with Crippen LogP contribution in [0.5, 0.6) is 0 Å². The van der Waals surface area contributed by atoms with E-state index in [1.807, 2.05) is 0 Å². The van der Waals surface area contributed by atoms with E-state index in [4.69, 9.17) is 0 Å². The van der Waals surface area contributed by atoms with Gasteiger partial charge in [0, 0.05) is 32.9 Å². The van der Waals surface area contributed by atoms with E-state index in [1.54, 1.807) is 18.2 Å². The molecule has 1 aromatic heterocycles. The molecule has 0 aliphatic heterocycles. The van der Waals surface area contributed by atoms with Crippen LogP contribution in [-0.4, -0.2) is 0 Å². The molecule has 1 rings (SSSR count). The number of aromatic nitrogens is 1. The maximum atomic E-state index is 12.2. The van der Waals surface area contributed by atoms with E-state index in [9.17, 15) is 29.7 Å². The van der Waals surface area contributed by atoms with Crippen molar-refractivity contribution in [1.82, 2.24) is 0 Å². The van der Waals surface area contributed by atoms with Gasteiger partial charge >= 0.3 is 33.0 Å². The van der Waals surface area contributed by atoms with Crippen LogP contribution < -0.4 is 4.79 Å². The zero-order valence-corrected chi connectivity index (χ0v) is 9.21. The summed E-state index contributed by atoms with van der Waals surface area (Å²) in [7, 11) is -10.7. The monoisotopic (exact) mass is 321 g/mol. The van der Waals surface area contributed by atoms with Gasteiger partial charge in [0.05, 0.1) is 4.48 Å². The van der Waals surface area contributed by atoms with Crippen LogP contribution in [0.15, 0.2) is 29.0 Å². The van der Waals surface area contributed by atoms with Crippen LogP contribution >= 0.6 is 23.7 Å². The molecule has 0 fully saturated rings. The molecule has 0 saturated heterocycles. The summed E-state index contributed by atoms with van der Waals surface area (Å²) in [6.07, 6.45) is 1.32. The smallest absolute Gasteiger partial charge is 0.0488 e. The number of rotatable bonds is 0. The molecular weight excluding hydrogens is 318 g/mol. The van der Waals surface area contributed by atoms with Crippen LogP contribution in [0, 0.1) is 0 Å². The van der Waals surface area contributed by atoms with Crippen molar-refractivity contribution in [2.75, 3.05) is 0 Å². The van der Waals surface area contributed by atoms with E-state index in [2.05, 4.69) is 15.9 Å². The third kappa shape index (κ3) is 16.3. The molecule has 0 aliphatic carbocycles. The van der Waals surface area contributed by atoms with Gasteiger partial charge < -0.3 is 0 Å². The first-order valence-corrected chi connectivity index (χ1v) is 5.96. The van der Waals surface area contributed by atoms with E-state index in [0.29, 0.717) is 9.39 Å². The zero-order valence-electron chi connectivity index (χ0n) is 6.73. The van der Waals surface area contributed by atoms with Crippen LogP contribution in [-0.2, 0) is 0 Å². The molecule has 0 bridgehead atoms. The molecule has 0 atom stereocenters. The predicted molar refractivity (Wildman–Crippen MR) is 44.4 cm³/mol. The summed E-state index contributed by atoms with van der Waals surface area (Å²) in [6.45, 7) is 0. The van der Waals surface area contributed by atoms with Crippen LogP contribution in [0.4, 0.5) is 29.7 Å². The maximum absolute atomic E-state index is 12.2. The van der Waals surface area contributed by atoms with Crippen molar-refractivity contribution in [2.24, 2.45) is 0 Å². The fraction of sp³-hybridized carbons (Fsp3) is 0. The SMILES string of the molecule is F[P-](F)(F)(F)(F)F.F[n+]1ccccc1Br. The quantitative estimate of drug-likeness (QED) is 0.365. The Morgan fingerprint density at radius 1 is 1.00 bits per heavy atom. The first kappa shape index (κ1) is 14.6. The third-order valence-electron chi connectivity index (χ3n) is 0.766. The Hall–Kier alpha value is -0.430. The second-order valence-corrected chi connectivity index (χ2v) is 5.02. The molecule has 90 valence electrons. The molecule has 0 saturated carbocycles. The van der Waals surface area contributed by atoms with Gasteiger partial charge in [-0.15, -0.1) is 0 Å². The molecule has 15 heavy (non-hydrogen) atoms. The number of halogens is 8. The minimum atomic E-state index is -10.7. The number of pyridine rings is 1. The predicted octanol–water partition coefficient (Wildman–Crippen LogP) is 4.85. The second kappa shape index (κ2) is 3.55. The van der Waals surface area contributed by atoms with Crippen LogP contribution in [0.1, 0.15) is 0 Å². The van der Waals surface area contributed by atoms with Crippen molar-refractivity contribution in [3.8, 4) is 0 Å². The molecule has 1 heterocycles. The first-order chi connectivity index (χ1) is 6.25. The van der Waals surface area contributed by atoms with Gasteiger partial charge in [-0.3, -0.25) is 0 Å². The molecule has 0 aromatic carbocycles. The van der Waals surface area contributed by atoms with E-state index in [0.717, 1.165) is 0 Å². The van der Waals surface area contributed by atoms with E-state index in [1.165, 1.54) is 6.20 Å². The van der Waals surface area contributed by atoms with Gasteiger partial charge in [0.15, 0.2) is 0 Å². The number of hydrogen-bond acceptors (Lipinski definition) is 0. The Morgan fingerprint density at radius 3 is 1.60 bits per heavy atom. The topological polar surface area (TPSA) is 3.88 Å². The van der Waals surface area contributed by atoms with Crippen molar-refractivity contribution < 1.29 is 34.5 Å². The molecule has 0 aliphatic rings. The minimum absolute atomic E-state index is 0.431. The summed E-state index contributed by atoms with van der Waals surface area (Å²) in [6, 6.07) is 4.99. The summed E-state index contributed by atoms with van der Waals surface area (Å²) < 4.78 is 71.8. The van der Waals surface area contributed by atoms with Crippen molar-refractivity contribution in [2.45, 2.75) is 0 Å². The van der Waals surface area contributed by atoms with E-state index >= 15 is 0 Å². The molecule has 0 radical (unpaired) electrons. The summed E-state index contributed by atoms with van der Waals surface area (Å²) in [5.41, 5.74) is 0. The summed E-state index contributed by atoms with van der Waals surface area (Å²) >= 11 is 2.98. The second-order valence-electron chi connectivity index (χ2n) is 2.29. The molecule has 0 amide bonds. The third-order valence-corrected chi connectivity index (χ3v) is 1.37. The summed E-state index contributed by atoms with van der Waals surface area (Å²) in [5, 5.41) is 0. The number of hydrogen-bond donors (Lipinski definition) is 0. The Kier molecular flexibility index (Phi) is 3.45. The molecule has 0 N–H and O–H groups in total. The van der Waals surface area contributed by atoms with Gasteiger partial charge in [0.1, 0.15) is 0 Å². The fourth-order valence-corrected chi connectivity index (χ4v) is 0.673. The average molecular weight is 322 g/mol. The van der Waals surface area contributed by atoms with Gasteiger partial charge in [-0.05, 0) is 6.07 Å². The maximum Gasteiger partial charge on any atom is 0.295 e. The molecule has 1 nitrogen and oxygen atoms in total. The largest absolute Gasteiger partial charge is 0.295 e. The summed E-state index contributed by atoms with van der Waals surface area (Å²) in [5.74, 6) is 0. The van der Waals surface area contributed by atoms with Gasteiger partial charge in [-0.25, -0.2) is 0 Å². The standard InChI is InChI=1S/C5H4BrFN.F6P/c6-5-3-1-2-4-8(5)7;1-7(2,3,4,5)6/h1-4H;/q+1;-1.